The number of aliphatic imine (C=N–C) groups is 1. The predicted octanol–water partition coefficient (Wildman–Crippen LogP) is 2.09. The van der Waals surface area contributed by atoms with Gasteiger partial charge in [-0.05, 0) is 6.92 Å². The molecule has 0 aliphatic heterocycles. The van der Waals surface area contributed by atoms with Gasteiger partial charge in [-0.3, -0.25) is 0 Å². The van der Waals surface area contributed by atoms with Crippen molar-refractivity contribution in [2.24, 2.45) is 4.99 Å². The monoisotopic (exact) mass is 173 g/mol. The van der Waals surface area contributed by atoms with E-state index in [1.54, 1.807) is 6.92 Å². The molecule has 11 heavy (non-hydrogen) atoms. The second-order valence-electron chi connectivity index (χ2n) is 2.25. The molecule has 2 nitrogen and oxygen atoms in total. The van der Waals surface area contributed by atoms with Crippen LogP contribution in [0.15, 0.2) is 29.9 Å². The first kappa shape index (κ1) is 10.4. The lowest BCUT2D eigenvalue weighted by atomic mass is 10.1. The van der Waals surface area contributed by atoms with Gasteiger partial charge in [0.2, 0.25) is 0 Å². The first-order valence-electron chi connectivity index (χ1n) is 3.24. The Kier molecular flexibility index (Phi) is 4.83. The third kappa shape index (κ3) is 4.76. The van der Waals surface area contributed by atoms with Gasteiger partial charge < -0.3 is 5.11 Å². The van der Waals surface area contributed by atoms with Crippen LogP contribution in [0.3, 0.4) is 0 Å². The van der Waals surface area contributed by atoms with Crippen molar-refractivity contribution >= 4 is 16.8 Å². The molecule has 0 bridgehead atoms. The number of nitrogens with zero attached hydrogens (tertiary/aromatic N) is 1. The van der Waals surface area contributed by atoms with Crippen LogP contribution in [0.1, 0.15) is 13.3 Å². The normalized spacial score (nSPS) is 14.3. The lowest BCUT2D eigenvalue weighted by Gasteiger charge is -2.06. The van der Waals surface area contributed by atoms with Crippen molar-refractivity contribution in [2.45, 2.75) is 19.4 Å². The highest BCUT2D eigenvalue weighted by Crippen LogP contribution is 2.06. The van der Waals surface area contributed by atoms with Gasteiger partial charge in [0.05, 0.1) is 6.10 Å². The summed E-state index contributed by atoms with van der Waals surface area (Å²) in [6.45, 7) is 8.69. The molecular weight excluding hydrogens is 162 g/mol. The fourth-order valence-corrected chi connectivity index (χ4v) is 0.701. The Labute approximate surface area is 71.9 Å². The second kappa shape index (κ2) is 5.10. The van der Waals surface area contributed by atoms with E-state index in [9.17, 15) is 5.11 Å². The molecule has 0 aromatic heterocycles. The summed E-state index contributed by atoms with van der Waals surface area (Å²) in [4.78, 5) is 3.69. The van der Waals surface area contributed by atoms with Gasteiger partial charge in [0.25, 0.3) is 0 Å². The molecular formula is C8H12ClNO. The average Bonchev–Trinajstić information content (AvgIpc) is 1.87. The molecule has 0 aliphatic carbocycles. The molecule has 0 fully saturated rings. The zero-order chi connectivity index (χ0) is 8.85. The molecule has 0 heterocycles. The summed E-state index contributed by atoms with van der Waals surface area (Å²) in [7, 11) is 0. The van der Waals surface area contributed by atoms with Gasteiger partial charge in [0, 0.05) is 12.6 Å². The molecule has 62 valence electrons. The first-order valence-corrected chi connectivity index (χ1v) is 3.62. The Balaban J connectivity index is 3.94. The standard InChI is InChI=1S/C8H12ClNO/c1-4-10-8(9)5-7(11)6(2)3/h4,7,11H,1-2,5H2,3H3. The zero-order valence-corrected chi connectivity index (χ0v) is 7.30. The maximum atomic E-state index is 9.22. The van der Waals surface area contributed by atoms with Gasteiger partial charge in [0.1, 0.15) is 5.17 Å². The van der Waals surface area contributed by atoms with E-state index in [4.69, 9.17) is 11.6 Å². The first-order chi connectivity index (χ1) is 5.07. The summed E-state index contributed by atoms with van der Waals surface area (Å²) in [6.07, 6.45) is 1.04. The van der Waals surface area contributed by atoms with E-state index in [1.165, 1.54) is 6.20 Å². The molecule has 1 atom stereocenters. The molecule has 0 amide bonds. The Hall–Kier alpha value is -0.600. The lowest BCUT2D eigenvalue weighted by molar-refractivity contribution is 0.220. The number of halogens is 1. The van der Waals surface area contributed by atoms with E-state index in [0.29, 0.717) is 17.2 Å². The number of hydrogen-bond donors (Lipinski definition) is 1. The summed E-state index contributed by atoms with van der Waals surface area (Å²) in [5.74, 6) is 0. The Morgan fingerprint density at radius 1 is 1.82 bits per heavy atom. The summed E-state index contributed by atoms with van der Waals surface area (Å²) >= 11 is 5.60. The molecule has 0 saturated heterocycles. The summed E-state index contributed by atoms with van der Waals surface area (Å²) in [5, 5.41) is 9.57. The molecule has 1 unspecified atom stereocenters. The van der Waals surface area contributed by atoms with Crippen LogP contribution < -0.4 is 0 Å². The number of aliphatic hydroxyl groups is 1. The van der Waals surface area contributed by atoms with E-state index >= 15 is 0 Å². The van der Waals surface area contributed by atoms with Crippen LogP contribution in [0.4, 0.5) is 0 Å². The van der Waals surface area contributed by atoms with Crippen LogP contribution in [0.2, 0.25) is 0 Å². The predicted molar refractivity (Wildman–Crippen MR) is 48.9 cm³/mol. The minimum atomic E-state index is -0.605. The van der Waals surface area contributed by atoms with Gasteiger partial charge >= 0.3 is 0 Å². The van der Waals surface area contributed by atoms with Crippen LogP contribution in [0, 0.1) is 0 Å². The van der Waals surface area contributed by atoms with Crippen molar-refractivity contribution in [3.8, 4) is 0 Å². The number of rotatable bonds is 4. The second-order valence-corrected chi connectivity index (χ2v) is 2.69. The van der Waals surface area contributed by atoms with Crippen molar-refractivity contribution in [3.05, 3.63) is 24.9 Å². The minimum Gasteiger partial charge on any atom is -0.388 e. The molecule has 0 rings (SSSR count). The third-order valence-corrected chi connectivity index (χ3v) is 1.41. The van der Waals surface area contributed by atoms with Crippen molar-refractivity contribution in [1.29, 1.82) is 0 Å². The van der Waals surface area contributed by atoms with E-state index < -0.39 is 6.10 Å². The maximum Gasteiger partial charge on any atom is 0.109 e. The summed E-state index contributed by atoms with van der Waals surface area (Å²) in [5.41, 5.74) is 0.683. The van der Waals surface area contributed by atoms with Gasteiger partial charge in [-0.1, -0.05) is 30.3 Å². The summed E-state index contributed by atoms with van der Waals surface area (Å²) < 4.78 is 0. The number of hydrogen-bond acceptors (Lipinski definition) is 2. The van der Waals surface area contributed by atoms with Crippen molar-refractivity contribution in [1.82, 2.24) is 0 Å². The van der Waals surface area contributed by atoms with Crippen molar-refractivity contribution in [3.63, 3.8) is 0 Å². The SMILES string of the molecule is C=CN=C(Cl)CC(O)C(=C)C. The van der Waals surface area contributed by atoms with Gasteiger partial charge in [0.15, 0.2) is 0 Å². The Morgan fingerprint density at radius 3 is 2.73 bits per heavy atom. The van der Waals surface area contributed by atoms with Crippen LogP contribution in [-0.4, -0.2) is 16.4 Å². The lowest BCUT2D eigenvalue weighted by Crippen LogP contribution is -2.10. The average molecular weight is 174 g/mol. The molecule has 0 aromatic carbocycles. The smallest absolute Gasteiger partial charge is 0.109 e. The largest absolute Gasteiger partial charge is 0.388 e. The van der Waals surface area contributed by atoms with E-state index in [2.05, 4.69) is 18.2 Å². The highest BCUT2D eigenvalue weighted by atomic mass is 35.5. The van der Waals surface area contributed by atoms with Crippen LogP contribution in [0.5, 0.6) is 0 Å². The highest BCUT2D eigenvalue weighted by Gasteiger charge is 2.06. The van der Waals surface area contributed by atoms with E-state index in [1.807, 2.05) is 0 Å². The van der Waals surface area contributed by atoms with E-state index in [0.717, 1.165) is 0 Å². The highest BCUT2D eigenvalue weighted by molar-refractivity contribution is 6.65. The molecule has 1 N–H and O–H groups in total. The zero-order valence-electron chi connectivity index (χ0n) is 6.55. The quantitative estimate of drug-likeness (QED) is 0.513. The van der Waals surface area contributed by atoms with Crippen LogP contribution >= 0.6 is 11.6 Å². The summed E-state index contributed by atoms with van der Waals surface area (Å²) in [6, 6.07) is 0. The van der Waals surface area contributed by atoms with Crippen LogP contribution in [-0.2, 0) is 0 Å². The molecule has 0 spiro atoms. The fourth-order valence-electron chi connectivity index (χ4n) is 0.486. The van der Waals surface area contributed by atoms with E-state index in [-0.39, 0.29) is 0 Å². The molecule has 0 aliphatic rings. The van der Waals surface area contributed by atoms with Gasteiger partial charge in [-0.15, -0.1) is 0 Å². The van der Waals surface area contributed by atoms with Crippen LogP contribution in [0.25, 0.3) is 0 Å². The molecule has 0 saturated carbocycles. The number of aliphatic hydroxyl groups excluding tert-OH is 1. The molecule has 3 heteroatoms. The van der Waals surface area contributed by atoms with Gasteiger partial charge in [-0.25, -0.2) is 4.99 Å². The van der Waals surface area contributed by atoms with Gasteiger partial charge in [-0.2, -0.15) is 0 Å². The topological polar surface area (TPSA) is 32.6 Å². The Bertz CT molecular complexity index is 187. The Morgan fingerprint density at radius 2 is 2.36 bits per heavy atom. The maximum absolute atomic E-state index is 9.22. The minimum absolute atomic E-state index is 0.308. The third-order valence-electron chi connectivity index (χ3n) is 1.16. The van der Waals surface area contributed by atoms with Crippen molar-refractivity contribution in [2.75, 3.05) is 0 Å². The molecule has 0 radical (unpaired) electrons. The van der Waals surface area contributed by atoms with Crippen molar-refractivity contribution < 1.29 is 5.11 Å². The fraction of sp³-hybridized carbons (Fsp3) is 0.375. The molecule has 0 aromatic rings.